The van der Waals surface area contributed by atoms with Crippen molar-refractivity contribution in [3.8, 4) is 5.75 Å². The van der Waals surface area contributed by atoms with E-state index in [4.69, 9.17) is 14.2 Å². The second-order valence-corrected chi connectivity index (χ2v) is 4.44. The van der Waals surface area contributed by atoms with E-state index in [1.165, 1.54) is 5.56 Å². The Labute approximate surface area is 120 Å². The number of methoxy groups -OCH3 is 1. The van der Waals surface area contributed by atoms with Crippen LogP contribution < -0.4 is 4.74 Å². The summed E-state index contributed by atoms with van der Waals surface area (Å²) in [5.74, 6) is 0.541. The molecule has 0 radical (unpaired) electrons. The van der Waals surface area contributed by atoms with Gasteiger partial charge in [-0.1, -0.05) is 12.1 Å². The second-order valence-electron chi connectivity index (χ2n) is 4.44. The third kappa shape index (κ3) is 6.54. The SMILES string of the molecule is CCOC(=O)COCCN(C)Cc1ccc(OC)cc1. The van der Waals surface area contributed by atoms with Crippen molar-refractivity contribution in [2.45, 2.75) is 13.5 Å². The first-order valence-corrected chi connectivity index (χ1v) is 6.70. The molecule has 0 saturated carbocycles. The van der Waals surface area contributed by atoms with E-state index in [0.29, 0.717) is 13.2 Å². The minimum atomic E-state index is -0.315. The Morgan fingerprint density at radius 3 is 2.55 bits per heavy atom. The highest BCUT2D eigenvalue weighted by atomic mass is 16.6. The van der Waals surface area contributed by atoms with Crippen LogP contribution >= 0.6 is 0 Å². The molecule has 0 saturated heterocycles. The molecule has 0 heterocycles. The fourth-order valence-corrected chi connectivity index (χ4v) is 1.70. The summed E-state index contributed by atoms with van der Waals surface area (Å²) in [6.07, 6.45) is 0. The number of nitrogens with zero attached hydrogens (tertiary/aromatic N) is 1. The zero-order chi connectivity index (χ0) is 14.8. The molecule has 20 heavy (non-hydrogen) atoms. The summed E-state index contributed by atoms with van der Waals surface area (Å²) in [6.45, 7) is 4.27. The lowest BCUT2D eigenvalue weighted by Gasteiger charge is -2.16. The summed E-state index contributed by atoms with van der Waals surface area (Å²) in [7, 11) is 3.67. The number of esters is 1. The lowest BCUT2D eigenvalue weighted by Crippen LogP contribution is -2.24. The van der Waals surface area contributed by atoms with E-state index in [1.807, 2.05) is 31.3 Å². The number of likely N-dealkylation sites (N-methyl/N-ethyl adjacent to an activating group) is 1. The molecule has 0 spiro atoms. The van der Waals surface area contributed by atoms with Crippen molar-refractivity contribution in [1.29, 1.82) is 0 Å². The predicted octanol–water partition coefficient (Wildman–Crippen LogP) is 1.71. The molecule has 0 unspecified atom stereocenters. The van der Waals surface area contributed by atoms with Gasteiger partial charge in [0, 0.05) is 13.1 Å². The van der Waals surface area contributed by atoms with Crippen LogP contribution in [0.25, 0.3) is 0 Å². The van der Waals surface area contributed by atoms with Crippen LogP contribution in [0, 0.1) is 0 Å². The third-order valence-corrected chi connectivity index (χ3v) is 2.75. The minimum absolute atomic E-state index is 0.0181. The number of ether oxygens (including phenoxy) is 3. The number of hydrogen-bond acceptors (Lipinski definition) is 5. The van der Waals surface area contributed by atoms with Gasteiger partial charge in [0.15, 0.2) is 0 Å². The molecule has 1 aromatic rings. The Bertz CT molecular complexity index is 391. The van der Waals surface area contributed by atoms with Gasteiger partial charge in [-0.05, 0) is 31.7 Å². The van der Waals surface area contributed by atoms with Crippen LogP contribution in [0.2, 0.25) is 0 Å². The molecule has 5 heteroatoms. The van der Waals surface area contributed by atoms with Gasteiger partial charge >= 0.3 is 5.97 Å². The van der Waals surface area contributed by atoms with Crippen LogP contribution in [0.15, 0.2) is 24.3 Å². The second kappa shape index (κ2) is 9.34. The molecular weight excluding hydrogens is 258 g/mol. The molecule has 0 atom stereocenters. The van der Waals surface area contributed by atoms with Crippen molar-refractivity contribution in [2.75, 3.05) is 40.5 Å². The first-order chi connectivity index (χ1) is 9.65. The van der Waals surface area contributed by atoms with E-state index in [-0.39, 0.29) is 12.6 Å². The number of carbonyl (C=O) groups is 1. The van der Waals surface area contributed by atoms with Crippen molar-refractivity contribution in [3.63, 3.8) is 0 Å². The number of rotatable bonds is 9. The normalized spacial score (nSPS) is 10.6. The van der Waals surface area contributed by atoms with Crippen LogP contribution in [0.5, 0.6) is 5.75 Å². The van der Waals surface area contributed by atoms with Crippen molar-refractivity contribution in [2.24, 2.45) is 0 Å². The standard InChI is InChI=1S/C15H23NO4/c1-4-20-15(17)12-19-10-9-16(2)11-13-5-7-14(18-3)8-6-13/h5-8H,4,9-12H2,1-3H3. The zero-order valence-corrected chi connectivity index (χ0v) is 12.4. The van der Waals surface area contributed by atoms with E-state index in [0.717, 1.165) is 18.8 Å². The molecule has 0 amide bonds. The zero-order valence-electron chi connectivity index (χ0n) is 12.4. The van der Waals surface area contributed by atoms with E-state index >= 15 is 0 Å². The predicted molar refractivity (Wildman–Crippen MR) is 76.8 cm³/mol. The van der Waals surface area contributed by atoms with Gasteiger partial charge in [0.05, 0.1) is 20.3 Å². The fraction of sp³-hybridized carbons (Fsp3) is 0.533. The van der Waals surface area contributed by atoms with Gasteiger partial charge in [-0.15, -0.1) is 0 Å². The molecule has 1 aromatic carbocycles. The average molecular weight is 281 g/mol. The van der Waals surface area contributed by atoms with Crippen LogP contribution in [0.4, 0.5) is 0 Å². The van der Waals surface area contributed by atoms with E-state index < -0.39 is 0 Å². The first kappa shape index (κ1) is 16.5. The quantitative estimate of drug-likeness (QED) is 0.509. The van der Waals surface area contributed by atoms with Crippen molar-refractivity contribution >= 4 is 5.97 Å². The van der Waals surface area contributed by atoms with Gasteiger partial charge in [0.25, 0.3) is 0 Å². The first-order valence-electron chi connectivity index (χ1n) is 6.70. The Morgan fingerprint density at radius 2 is 1.95 bits per heavy atom. The van der Waals surface area contributed by atoms with Crippen molar-refractivity contribution < 1.29 is 19.0 Å². The smallest absolute Gasteiger partial charge is 0.332 e. The molecule has 5 nitrogen and oxygen atoms in total. The summed E-state index contributed by atoms with van der Waals surface area (Å²) in [5.41, 5.74) is 1.21. The summed E-state index contributed by atoms with van der Waals surface area (Å²) in [5, 5.41) is 0. The van der Waals surface area contributed by atoms with Crippen molar-refractivity contribution in [3.05, 3.63) is 29.8 Å². The Morgan fingerprint density at radius 1 is 1.25 bits per heavy atom. The molecule has 112 valence electrons. The maximum absolute atomic E-state index is 11.1. The topological polar surface area (TPSA) is 48.0 Å². The highest BCUT2D eigenvalue weighted by Crippen LogP contribution is 2.12. The Kier molecular flexibility index (Phi) is 7.69. The molecule has 0 N–H and O–H groups in total. The minimum Gasteiger partial charge on any atom is -0.497 e. The van der Waals surface area contributed by atoms with Crippen LogP contribution in [-0.2, 0) is 20.8 Å². The largest absolute Gasteiger partial charge is 0.497 e. The molecular formula is C15H23NO4. The average Bonchev–Trinajstić information content (AvgIpc) is 2.45. The Balaban J connectivity index is 2.19. The maximum atomic E-state index is 11.1. The summed E-state index contributed by atoms with van der Waals surface area (Å²) >= 11 is 0. The number of carbonyl (C=O) groups excluding carboxylic acids is 1. The molecule has 0 fully saturated rings. The molecule has 0 aliphatic rings. The van der Waals surface area contributed by atoms with Gasteiger partial charge in [-0.25, -0.2) is 4.79 Å². The van der Waals surface area contributed by atoms with Gasteiger partial charge in [-0.2, -0.15) is 0 Å². The van der Waals surface area contributed by atoms with E-state index in [9.17, 15) is 4.79 Å². The Hall–Kier alpha value is -1.59. The summed E-state index contributed by atoms with van der Waals surface area (Å²) in [4.78, 5) is 13.2. The molecule has 0 aliphatic carbocycles. The molecule has 0 aliphatic heterocycles. The summed E-state index contributed by atoms with van der Waals surface area (Å²) in [6, 6.07) is 7.96. The monoisotopic (exact) mass is 281 g/mol. The van der Waals surface area contributed by atoms with Crippen LogP contribution in [-0.4, -0.2) is 51.4 Å². The van der Waals surface area contributed by atoms with Crippen LogP contribution in [0.3, 0.4) is 0 Å². The molecule has 0 aromatic heterocycles. The number of hydrogen-bond donors (Lipinski definition) is 0. The number of benzene rings is 1. The highest BCUT2D eigenvalue weighted by molar-refractivity contribution is 5.70. The molecule has 0 bridgehead atoms. The van der Waals surface area contributed by atoms with E-state index in [1.54, 1.807) is 14.0 Å². The lowest BCUT2D eigenvalue weighted by atomic mass is 10.2. The van der Waals surface area contributed by atoms with Gasteiger partial charge in [0.1, 0.15) is 12.4 Å². The van der Waals surface area contributed by atoms with Gasteiger partial charge in [-0.3, -0.25) is 4.90 Å². The fourth-order valence-electron chi connectivity index (χ4n) is 1.70. The maximum Gasteiger partial charge on any atom is 0.332 e. The summed E-state index contributed by atoms with van der Waals surface area (Å²) < 4.78 is 15.2. The molecule has 1 rings (SSSR count). The van der Waals surface area contributed by atoms with Crippen LogP contribution in [0.1, 0.15) is 12.5 Å². The van der Waals surface area contributed by atoms with E-state index in [2.05, 4.69) is 4.90 Å². The highest BCUT2D eigenvalue weighted by Gasteiger charge is 2.03. The van der Waals surface area contributed by atoms with Crippen molar-refractivity contribution in [1.82, 2.24) is 4.90 Å². The third-order valence-electron chi connectivity index (χ3n) is 2.75. The van der Waals surface area contributed by atoms with Gasteiger partial charge in [0.2, 0.25) is 0 Å². The lowest BCUT2D eigenvalue weighted by molar-refractivity contribution is -0.148. The van der Waals surface area contributed by atoms with Gasteiger partial charge < -0.3 is 14.2 Å².